The highest BCUT2D eigenvalue weighted by Crippen LogP contribution is 2.40. The largest absolute Gasteiger partial charge is 0.478 e. The summed E-state index contributed by atoms with van der Waals surface area (Å²) in [5, 5.41) is 21.7. The highest BCUT2D eigenvalue weighted by atomic mass is 32.2. The van der Waals surface area contributed by atoms with Crippen molar-refractivity contribution in [2.75, 3.05) is 5.75 Å². The molecule has 0 saturated carbocycles. The second kappa shape index (κ2) is 15.2. The summed E-state index contributed by atoms with van der Waals surface area (Å²) in [4.78, 5) is 28.9. The van der Waals surface area contributed by atoms with Crippen molar-refractivity contribution in [3.05, 3.63) is 155 Å². The highest BCUT2D eigenvalue weighted by molar-refractivity contribution is 7.99. The number of aromatic nitrogens is 1. The zero-order valence-electron chi connectivity index (χ0n) is 25.5. The molecule has 0 bridgehead atoms. The summed E-state index contributed by atoms with van der Waals surface area (Å²) in [7, 11) is 0. The van der Waals surface area contributed by atoms with Crippen LogP contribution in [0.25, 0.3) is 11.1 Å². The normalized spacial score (nSPS) is 17.6. The van der Waals surface area contributed by atoms with Crippen LogP contribution in [-0.4, -0.2) is 38.9 Å². The number of nitrogens with one attached hydrogen (secondary N) is 1. The van der Waals surface area contributed by atoms with Gasteiger partial charge >= 0.3 is 5.97 Å². The van der Waals surface area contributed by atoms with Gasteiger partial charge in [-0.3, -0.25) is 9.78 Å². The van der Waals surface area contributed by atoms with Crippen molar-refractivity contribution in [1.29, 1.82) is 0 Å². The topological polar surface area (TPSA) is 118 Å². The number of nitrogens with zero attached hydrogens (tertiary/aromatic N) is 1. The van der Waals surface area contributed by atoms with Crippen LogP contribution in [0.2, 0.25) is 0 Å². The molecular weight excluding hydrogens is 612 g/mol. The zero-order valence-corrected chi connectivity index (χ0v) is 26.3. The molecule has 1 aromatic heterocycles. The van der Waals surface area contributed by atoms with E-state index in [4.69, 9.17) is 9.47 Å². The minimum absolute atomic E-state index is 0.0240. The molecule has 4 aromatic carbocycles. The molecule has 8 nitrogen and oxygen atoms in total. The summed E-state index contributed by atoms with van der Waals surface area (Å²) < 4.78 is 13.0. The number of carbonyl (C=O) groups excluding carboxylic acids is 1. The summed E-state index contributed by atoms with van der Waals surface area (Å²) in [6.45, 7) is 0.347. The first kappa shape index (κ1) is 32.2. The minimum atomic E-state index is -0.950. The fraction of sp³-hybridized carbons (Fsp3) is 0.184. The predicted molar refractivity (Wildman–Crippen MR) is 180 cm³/mol. The molecule has 3 N–H and O–H groups in total. The molecule has 0 aliphatic carbocycles. The first-order chi connectivity index (χ1) is 23.0. The molecule has 1 saturated heterocycles. The number of carboxylic acids is 1. The molecule has 1 aliphatic heterocycles. The number of carboxylic acid groups (broad SMARTS) is 1. The van der Waals surface area contributed by atoms with Gasteiger partial charge in [-0.05, 0) is 64.2 Å². The Bertz CT molecular complexity index is 1800. The van der Waals surface area contributed by atoms with Crippen molar-refractivity contribution in [2.45, 2.75) is 43.0 Å². The average Bonchev–Trinajstić information content (AvgIpc) is 3.13. The molecule has 0 spiro atoms. The molecule has 2 heterocycles. The highest BCUT2D eigenvalue weighted by Gasteiger charge is 2.32. The average molecular weight is 647 g/mol. The van der Waals surface area contributed by atoms with Gasteiger partial charge in [-0.15, -0.1) is 11.8 Å². The maximum Gasteiger partial charge on any atom is 0.335 e. The van der Waals surface area contributed by atoms with E-state index in [0.717, 1.165) is 38.3 Å². The van der Waals surface area contributed by atoms with Gasteiger partial charge in [-0.1, -0.05) is 72.8 Å². The predicted octanol–water partition coefficient (Wildman–Crippen LogP) is 7.21. The maximum atomic E-state index is 12.6. The number of hydrogen-bond acceptors (Lipinski definition) is 7. The Kier molecular flexibility index (Phi) is 10.4. The van der Waals surface area contributed by atoms with Crippen molar-refractivity contribution >= 4 is 23.6 Å². The standard InChI is InChI=1S/C38H34N2O6S/c41-23-25-7-9-27(10-8-25)35-20-32(24-47-33-17-15-28(16-18-33)37(43)44)45-38(46-35)29-13-11-26(12-14-29)34-6-2-1-4-30(34)22-40-36(42)31-5-3-19-39-21-31/h1-19,21,32,35,38,41H,20,22-24H2,(H,40,42)(H,43,44). The number of benzene rings is 4. The molecule has 6 rings (SSSR count). The lowest BCUT2D eigenvalue weighted by molar-refractivity contribution is -0.245. The number of carbonyl (C=O) groups is 2. The third-order valence-electron chi connectivity index (χ3n) is 8.03. The molecular formula is C38H34N2O6S. The Labute approximate surface area is 277 Å². The second-order valence-electron chi connectivity index (χ2n) is 11.2. The fourth-order valence-corrected chi connectivity index (χ4v) is 6.38. The van der Waals surface area contributed by atoms with E-state index in [1.54, 1.807) is 48.4 Å². The second-order valence-corrected chi connectivity index (χ2v) is 12.3. The number of pyridine rings is 1. The van der Waals surface area contributed by atoms with Crippen molar-refractivity contribution < 1.29 is 29.3 Å². The number of aliphatic hydroxyl groups excluding tert-OH is 1. The summed E-state index contributed by atoms with van der Waals surface area (Å²) in [5.41, 5.74) is 6.50. The van der Waals surface area contributed by atoms with E-state index >= 15 is 0 Å². The van der Waals surface area contributed by atoms with E-state index in [1.807, 2.05) is 84.9 Å². The lowest BCUT2D eigenvalue weighted by atomic mass is 9.97. The van der Waals surface area contributed by atoms with E-state index in [-0.39, 0.29) is 30.3 Å². The van der Waals surface area contributed by atoms with Gasteiger partial charge in [0.1, 0.15) is 0 Å². The van der Waals surface area contributed by atoms with E-state index in [0.29, 0.717) is 24.3 Å². The van der Waals surface area contributed by atoms with E-state index < -0.39 is 12.3 Å². The third kappa shape index (κ3) is 8.14. The van der Waals surface area contributed by atoms with Gasteiger partial charge in [0.05, 0.1) is 29.9 Å². The lowest BCUT2D eigenvalue weighted by Gasteiger charge is -2.36. The van der Waals surface area contributed by atoms with Crippen LogP contribution in [0, 0.1) is 0 Å². The van der Waals surface area contributed by atoms with Crippen LogP contribution >= 0.6 is 11.8 Å². The van der Waals surface area contributed by atoms with Gasteiger partial charge < -0.3 is 25.0 Å². The van der Waals surface area contributed by atoms with Crippen LogP contribution in [0.3, 0.4) is 0 Å². The van der Waals surface area contributed by atoms with Gasteiger partial charge in [0, 0.05) is 41.6 Å². The SMILES string of the molecule is O=C(O)c1ccc(SCC2CC(c3ccc(CO)cc3)OC(c3ccc(-c4ccccc4CNC(=O)c4cccnc4)cc3)O2)cc1. The Balaban J connectivity index is 1.18. The van der Waals surface area contributed by atoms with Crippen LogP contribution in [0.4, 0.5) is 0 Å². The molecule has 1 aliphatic rings. The first-order valence-electron chi connectivity index (χ1n) is 15.3. The quantitative estimate of drug-likeness (QED) is 0.129. The number of amides is 1. The van der Waals surface area contributed by atoms with Crippen molar-refractivity contribution in [3.8, 4) is 11.1 Å². The van der Waals surface area contributed by atoms with Crippen LogP contribution < -0.4 is 5.32 Å². The Morgan fingerprint density at radius 3 is 2.28 bits per heavy atom. The third-order valence-corrected chi connectivity index (χ3v) is 9.17. The van der Waals surface area contributed by atoms with E-state index in [2.05, 4.69) is 10.3 Å². The molecule has 3 unspecified atom stereocenters. The molecule has 1 fully saturated rings. The zero-order chi connectivity index (χ0) is 32.6. The van der Waals surface area contributed by atoms with Crippen LogP contribution in [0.5, 0.6) is 0 Å². The van der Waals surface area contributed by atoms with Crippen LogP contribution in [0.1, 0.15) is 61.8 Å². The Hall–Kier alpha value is -4.80. The number of thioether (sulfide) groups is 1. The lowest BCUT2D eigenvalue weighted by Crippen LogP contribution is -2.31. The number of rotatable bonds is 11. The molecule has 47 heavy (non-hydrogen) atoms. The fourth-order valence-electron chi connectivity index (χ4n) is 5.46. The number of aliphatic hydroxyl groups is 1. The Morgan fingerprint density at radius 2 is 1.57 bits per heavy atom. The number of aromatic carboxylic acids is 1. The van der Waals surface area contributed by atoms with Crippen molar-refractivity contribution in [3.63, 3.8) is 0 Å². The number of hydrogen-bond donors (Lipinski definition) is 3. The Morgan fingerprint density at radius 1 is 0.830 bits per heavy atom. The smallest absolute Gasteiger partial charge is 0.335 e. The molecule has 0 radical (unpaired) electrons. The van der Waals surface area contributed by atoms with Gasteiger partial charge in [-0.2, -0.15) is 0 Å². The van der Waals surface area contributed by atoms with E-state index in [1.165, 1.54) is 0 Å². The van der Waals surface area contributed by atoms with Gasteiger partial charge in [0.25, 0.3) is 5.91 Å². The minimum Gasteiger partial charge on any atom is -0.478 e. The molecule has 1 amide bonds. The van der Waals surface area contributed by atoms with Crippen molar-refractivity contribution in [2.24, 2.45) is 0 Å². The molecule has 5 aromatic rings. The number of ether oxygens (including phenoxy) is 2. The van der Waals surface area contributed by atoms with Crippen LogP contribution in [-0.2, 0) is 22.6 Å². The van der Waals surface area contributed by atoms with Gasteiger partial charge in [0.15, 0.2) is 6.29 Å². The molecule has 238 valence electrons. The van der Waals surface area contributed by atoms with E-state index in [9.17, 15) is 19.8 Å². The summed E-state index contributed by atoms with van der Waals surface area (Å²) in [6.07, 6.45) is 2.87. The summed E-state index contributed by atoms with van der Waals surface area (Å²) in [5.74, 6) is -0.469. The maximum absolute atomic E-state index is 12.6. The van der Waals surface area contributed by atoms with Gasteiger partial charge in [-0.25, -0.2) is 4.79 Å². The van der Waals surface area contributed by atoms with Crippen LogP contribution in [0.15, 0.2) is 126 Å². The van der Waals surface area contributed by atoms with Crippen molar-refractivity contribution in [1.82, 2.24) is 10.3 Å². The van der Waals surface area contributed by atoms with Gasteiger partial charge in [0.2, 0.25) is 0 Å². The first-order valence-corrected chi connectivity index (χ1v) is 16.3. The molecule has 9 heteroatoms. The monoisotopic (exact) mass is 646 g/mol. The summed E-state index contributed by atoms with van der Waals surface area (Å²) >= 11 is 1.61. The molecule has 3 atom stereocenters. The summed E-state index contributed by atoms with van der Waals surface area (Å²) in [6, 6.07) is 34.2.